The SMILES string of the molecule is N#Cc1ccc(NC(=O)c2oc3ccccc3c2CSC2CCCCC2)cc1. The van der Waals surface area contributed by atoms with E-state index in [0.29, 0.717) is 22.3 Å². The number of nitrogens with one attached hydrogen (secondary N) is 1. The summed E-state index contributed by atoms with van der Waals surface area (Å²) >= 11 is 1.94. The molecule has 1 aliphatic rings. The van der Waals surface area contributed by atoms with Crippen LogP contribution in [0, 0.1) is 11.3 Å². The lowest BCUT2D eigenvalue weighted by Crippen LogP contribution is -2.13. The Morgan fingerprint density at radius 3 is 2.61 bits per heavy atom. The van der Waals surface area contributed by atoms with Gasteiger partial charge < -0.3 is 9.73 Å². The lowest BCUT2D eigenvalue weighted by atomic mass is 10.0. The third-order valence-corrected chi connectivity index (χ3v) is 6.59. The minimum atomic E-state index is -0.250. The van der Waals surface area contributed by atoms with Crippen molar-refractivity contribution in [1.29, 1.82) is 5.26 Å². The normalized spacial score (nSPS) is 14.7. The number of nitriles is 1. The molecule has 1 amide bonds. The van der Waals surface area contributed by atoms with Gasteiger partial charge in [0.25, 0.3) is 5.91 Å². The second kappa shape index (κ2) is 8.53. The Hall–Kier alpha value is -2.71. The number of amides is 1. The van der Waals surface area contributed by atoms with Gasteiger partial charge in [-0.15, -0.1) is 0 Å². The summed E-state index contributed by atoms with van der Waals surface area (Å²) in [5.74, 6) is 0.909. The Morgan fingerprint density at radius 2 is 1.86 bits per heavy atom. The zero-order valence-corrected chi connectivity index (χ0v) is 16.4. The van der Waals surface area contributed by atoms with E-state index in [-0.39, 0.29) is 5.91 Å². The van der Waals surface area contributed by atoms with Crippen molar-refractivity contribution in [2.24, 2.45) is 0 Å². The minimum absolute atomic E-state index is 0.250. The number of para-hydroxylation sites is 1. The summed E-state index contributed by atoms with van der Waals surface area (Å²) in [5, 5.41) is 13.5. The molecule has 1 aliphatic carbocycles. The molecule has 3 aromatic rings. The lowest BCUT2D eigenvalue weighted by molar-refractivity contribution is 0.0998. The number of fused-ring (bicyclic) bond motifs is 1. The Balaban J connectivity index is 1.57. The van der Waals surface area contributed by atoms with E-state index in [4.69, 9.17) is 9.68 Å². The molecule has 4 nitrogen and oxygen atoms in total. The monoisotopic (exact) mass is 390 g/mol. The van der Waals surface area contributed by atoms with E-state index >= 15 is 0 Å². The summed E-state index contributed by atoms with van der Waals surface area (Å²) in [6.07, 6.45) is 6.45. The van der Waals surface area contributed by atoms with Gasteiger partial charge in [0.2, 0.25) is 0 Å². The number of furan rings is 1. The molecule has 1 saturated carbocycles. The number of anilines is 1. The highest BCUT2D eigenvalue weighted by Gasteiger charge is 2.22. The number of carbonyl (C=O) groups is 1. The molecule has 4 rings (SSSR count). The second-order valence-corrected chi connectivity index (χ2v) is 8.41. The third-order valence-electron chi connectivity index (χ3n) is 5.19. The maximum Gasteiger partial charge on any atom is 0.291 e. The number of nitrogens with zero attached hydrogens (tertiary/aromatic N) is 1. The van der Waals surface area contributed by atoms with Crippen LogP contribution in [-0.2, 0) is 5.75 Å². The number of carbonyl (C=O) groups excluding carboxylic acids is 1. The average Bonchev–Trinajstić information content (AvgIpc) is 3.12. The van der Waals surface area contributed by atoms with Crippen molar-refractivity contribution in [3.05, 3.63) is 65.4 Å². The van der Waals surface area contributed by atoms with E-state index < -0.39 is 0 Å². The molecule has 0 spiro atoms. The fourth-order valence-electron chi connectivity index (χ4n) is 3.67. The Labute approximate surface area is 168 Å². The molecule has 1 fully saturated rings. The van der Waals surface area contributed by atoms with Gasteiger partial charge in [-0.05, 0) is 43.2 Å². The highest BCUT2D eigenvalue weighted by atomic mass is 32.2. The molecule has 28 heavy (non-hydrogen) atoms. The van der Waals surface area contributed by atoms with Crippen molar-refractivity contribution in [2.75, 3.05) is 5.32 Å². The first-order valence-corrected chi connectivity index (χ1v) is 10.7. The zero-order valence-electron chi connectivity index (χ0n) is 15.6. The quantitative estimate of drug-likeness (QED) is 0.570. The summed E-state index contributed by atoms with van der Waals surface area (Å²) in [7, 11) is 0. The van der Waals surface area contributed by atoms with Crippen molar-refractivity contribution in [3.63, 3.8) is 0 Å². The van der Waals surface area contributed by atoms with Gasteiger partial charge in [0.15, 0.2) is 5.76 Å². The highest BCUT2D eigenvalue weighted by molar-refractivity contribution is 7.99. The molecule has 2 aromatic carbocycles. The van der Waals surface area contributed by atoms with Crippen LogP contribution >= 0.6 is 11.8 Å². The predicted octanol–water partition coefficient (Wildman–Crippen LogP) is 6.12. The lowest BCUT2D eigenvalue weighted by Gasteiger charge is -2.20. The van der Waals surface area contributed by atoms with Crippen LogP contribution in [0.25, 0.3) is 11.0 Å². The summed E-state index contributed by atoms with van der Waals surface area (Å²) in [6.45, 7) is 0. The van der Waals surface area contributed by atoms with E-state index in [2.05, 4.69) is 11.4 Å². The fourth-order valence-corrected chi connectivity index (χ4v) is 5.03. The molecule has 0 atom stereocenters. The summed E-state index contributed by atoms with van der Waals surface area (Å²) in [6, 6.07) is 16.8. The number of hydrogen-bond acceptors (Lipinski definition) is 4. The van der Waals surface area contributed by atoms with Crippen LogP contribution in [-0.4, -0.2) is 11.2 Å². The largest absolute Gasteiger partial charge is 0.451 e. The van der Waals surface area contributed by atoms with Gasteiger partial charge in [-0.3, -0.25) is 4.79 Å². The predicted molar refractivity (Wildman–Crippen MR) is 113 cm³/mol. The molecular formula is C23H22N2O2S. The molecule has 0 saturated heterocycles. The van der Waals surface area contributed by atoms with Gasteiger partial charge in [-0.25, -0.2) is 0 Å². The van der Waals surface area contributed by atoms with Crippen LogP contribution in [0.1, 0.15) is 53.8 Å². The van der Waals surface area contributed by atoms with Crippen LogP contribution in [0.5, 0.6) is 0 Å². The standard InChI is InChI=1S/C23H22N2O2S/c24-14-16-10-12-17(13-11-16)25-23(26)22-20(15-28-18-6-2-1-3-7-18)19-8-4-5-9-21(19)27-22/h4-5,8-13,18H,1-3,6-7,15H2,(H,25,26). The van der Waals surface area contributed by atoms with Gasteiger partial charge >= 0.3 is 0 Å². The van der Waals surface area contributed by atoms with Crippen molar-refractivity contribution < 1.29 is 9.21 Å². The van der Waals surface area contributed by atoms with Gasteiger partial charge in [0.1, 0.15) is 5.58 Å². The molecule has 0 aliphatic heterocycles. The average molecular weight is 391 g/mol. The molecule has 0 radical (unpaired) electrons. The van der Waals surface area contributed by atoms with Crippen molar-refractivity contribution >= 4 is 34.3 Å². The summed E-state index contributed by atoms with van der Waals surface area (Å²) in [4.78, 5) is 12.9. The molecule has 1 heterocycles. The molecular weight excluding hydrogens is 368 g/mol. The maximum atomic E-state index is 12.9. The van der Waals surface area contributed by atoms with E-state index in [1.165, 1.54) is 32.1 Å². The Morgan fingerprint density at radius 1 is 1.11 bits per heavy atom. The van der Waals surface area contributed by atoms with Crippen molar-refractivity contribution in [3.8, 4) is 6.07 Å². The fraction of sp³-hybridized carbons (Fsp3) is 0.304. The Kier molecular flexibility index (Phi) is 5.68. The van der Waals surface area contributed by atoms with Crippen LogP contribution in [0.4, 0.5) is 5.69 Å². The van der Waals surface area contributed by atoms with E-state index in [9.17, 15) is 4.79 Å². The van der Waals surface area contributed by atoms with Gasteiger partial charge in [0.05, 0.1) is 11.6 Å². The summed E-state index contributed by atoms with van der Waals surface area (Å²) in [5.41, 5.74) is 2.92. The van der Waals surface area contributed by atoms with Gasteiger partial charge in [0, 0.05) is 27.6 Å². The zero-order chi connectivity index (χ0) is 19.3. The topological polar surface area (TPSA) is 66.0 Å². The maximum absolute atomic E-state index is 12.9. The molecule has 1 aromatic heterocycles. The van der Waals surface area contributed by atoms with Crippen molar-refractivity contribution in [2.45, 2.75) is 43.1 Å². The van der Waals surface area contributed by atoms with Crippen LogP contribution in [0.2, 0.25) is 0 Å². The van der Waals surface area contributed by atoms with Gasteiger partial charge in [-0.2, -0.15) is 17.0 Å². The number of rotatable bonds is 5. The van der Waals surface area contributed by atoms with Crippen LogP contribution < -0.4 is 5.32 Å². The highest BCUT2D eigenvalue weighted by Crippen LogP contribution is 2.35. The van der Waals surface area contributed by atoms with E-state index in [0.717, 1.165) is 22.3 Å². The minimum Gasteiger partial charge on any atom is -0.451 e. The third kappa shape index (κ3) is 4.07. The number of benzene rings is 2. The molecule has 0 bridgehead atoms. The molecule has 1 N–H and O–H groups in total. The number of hydrogen-bond donors (Lipinski definition) is 1. The first-order chi connectivity index (χ1) is 13.7. The molecule has 0 unspecified atom stereocenters. The molecule has 5 heteroatoms. The van der Waals surface area contributed by atoms with Gasteiger partial charge in [-0.1, -0.05) is 37.5 Å². The molecule has 142 valence electrons. The van der Waals surface area contributed by atoms with Crippen LogP contribution in [0.3, 0.4) is 0 Å². The first kappa shape index (κ1) is 18.6. The first-order valence-electron chi connectivity index (χ1n) is 9.68. The number of thioether (sulfide) groups is 1. The smallest absolute Gasteiger partial charge is 0.291 e. The van der Waals surface area contributed by atoms with Crippen molar-refractivity contribution in [1.82, 2.24) is 0 Å². The van der Waals surface area contributed by atoms with E-state index in [1.807, 2.05) is 36.0 Å². The van der Waals surface area contributed by atoms with Crippen LogP contribution in [0.15, 0.2) is 52.9 Å². The Bertz CT molecular complexity index is 1010. The van der Waals surface area contributed by atoms with E-state index in [1.54, 1.807) is 24.3 Å². The second-order valence-electron chi connectivity index (χ2n) is 7.12. The summed E-state index contributed by atoms with van der Waals surface area (Å²) < 4.78 is 5.94.